The molecule has 100 valence electrons. The van der Waals surface area contributed by atoms with Crippen LogP contribution in [0.25, 0.3) is 11.1 Å². The van der Waals surface area contributed by atoms with E-state index in [1.54, 1.807) is 0 Å². The van der Waals surface area contributed by atoms with E-state index in [-0.39, 0.29) is 0 Å². The molecule has 0 unspecified atom stereocenters. The van der Waals surface area contributed by atoms with Gasteiger partial charge in [-0.25, -0.2) is 15.0 Å². The van der Waals surface area contributed by atoms with Gasteiger partial charge in [-0.05, 0) is 52.7 Å². The third-order valence-corrected chi connectivity index (χ3v) is 4.27. The highest BCUT2D eigenvalue weighted by Crippen LogP contribution is 2.39. The van der Waals surface area contributed by atoms with Crippen molar-refractivity contribution in [1.82, 2.24) is 15.0 Å². The predicted molar refractivity (Wildman–Crippen MR) is 79.8 cm³/mol. The normalized spacial score (nSPS) is 14.8. The van der Waals surface area contributed by atoms with Gasteiger partial charge in [-0.3, -0.25) is 0 Å². The van der Waals surface area contributed by atoms with E-state index in [1.807, 2.05) is 30.3 Å². The van der Waals surface area contributed by atoms with Crippen molar-refractivity contribution in [3.63, 3.8) is 0 Å². The lowest BCUT2D eigenvalue weighted by Gasteiger charge is -2.01. The Hall–Kier alpha value is -1.40. The Labute approximate surface area is 128 Å². The Balaban J connectivity index is 1.67. The van der Waals surface area contributed by atoms with Gasteiger partial charge in [0.25, 0.3) is 5.22 Å². The molecular weight excluding hydrogens is 338 g/mol. The zero-order valence-electron chi connectivity index (χ0n) is 10.4. The molecule has 0 aliphatic heterocycles. The molecular formula is C14H10BrN3OS. The van der Waals surface area contributed by atoms with Crippen molar-refractivity contribution in [2.75, 3.05) is 0 Å². The fourth-order valence-corrected chi connectivity index (χ4v) is 3.29. The summed E-state index contributed by atoms with van der Waals surface area (Å²) >= 11 is 4.87. The molecule has 0 N–H and O–H groups in total. The lowest BCUT2D eigenvalue weighted by atomic mass is 10.3. The average molecular weight is 348 g/mol. The highest BCUT2D eigenvalue weighted by molar-refractivity contribution is 9.10. The van der Waals surface area contributed by atoms with E-state index in [4.69, 9.17) is 4.42 Å². The van der Waals surface area contributed by atoms with Crippen molar-refractivity contribution in [2.45, 2.75) is 29.0 Å². The van der Waals surface area contributed by atoms with Crippen LogP contribution in [0.3, 0.4) is 0 Å². The summed E-state index contributed by atoms with van der Waals surface area (Å²) in [6, 6.07) is 9.64. The van der Waals surface area contributed by atoms with Gasteiger partial charge in [0.15, 0.2) is 5.58 Å². The molecule has 4 nitrogen and oxygen atoms in total. The van der Waals surface area contributed by atoms with Crippen LogP contribution in [0.15, 0.2) is 49.6 Å². The molecule has 0 amide bonds. The SMILES string of the molecule is Brc1cc(Sc2nc3ccccc3o2)nc(C2CC2)n1. The van der Waals surface area contributed by atoms with Crippen molar-refractivity contribution < 1.29 is 4.42 Å². The Kier molecular flexibility index (Phi) is 3.00. The van der Waals surface area contributed by atoms with Crippen LogP contribution in [0, 0.1) is 0 Å². The zero-order valence-corrected chi connectivity index (χ0v) is 12.8. The largest absolute Gasteiger partial charge is 0.431 e. The second kappa shape index (κ2) is 4.86. The fourth-order valence-electron chi connectivity index (χ4n) is 1.97. The molecule has 1 aliphatic carbocycles. The number of benzene rings is 1. The summed E-state index contributed by atoms with van der Waals surface area (Å²) in [4.78, 5) is 13.5. The zero-order chi connectivity index (χ0) is 13.5. The molecule has 0 bridgehead atoms. The molecule has 0 radical (unpaired) electrons. The van der Waals surface area contributed by atoms with Gasteiger partial charge in [-0.2, -0.15) is 0 Å². The maximum absolute atomic E-state index is 5.70. The first-order chi connectivity index (χ1) is 9.78. The number of halogens is 1. The van der Waals surface area contributed by atoms with E-state index >= 15 is 0 Å². The number of aromatic nitrogens is 3. The van der Waals surface area contributed by atoms with E-state index in [0.717, 1.165) is 26.6 Å². The number of hydrogen-bond acceptors (Lipinski definition) is 5. The van der Waals surface area contributed by atoms with Crippen molar-refractivity contribution >= 4 is 38.8 Å². The van der Waals surface area contributed by atoms with Crippen molar-refractivity contribution in [3.8, 4) is 0 Å². The first kappa shape index (κ1) is 12.3. The van der Waals surface area contributed by atoms with Crippen molar-refractivity contribution in [3.05, 3.63) is 40.8 Å². The summed E-state index contributed by atoms with van der Waals surface area (Å²) in [6.45, 7) is 0. The summed E-state index contributed by atoms with van der Waals surface area (Å²) in [5.41, 5.74) is 1.66. The van der Waals surface area contributed by atoms with E-state index in [9.17, 15) is 0 Å². The van der Waals surface area contributed by atoms with Crippen LogP contribution in [0.2, 0.25) is 0 Å². The Morgan fingerprint density at radius 1 is 1.15 bits per heavy atom. The van der Waals surface area contributed by atoms with Gasteiger partial charge < -0.3 is 4.42 Å². The standard InChI is InChI=1S/C14H10BrN3OS/c15-11-7-12(18-13(17-11)8-5-6-8)20-14-16-9-3-1-2-4-10(9)19-14/h1-4,7-8H,5-6H2. The summed E-state index contributed by atoms with van der Waals surface area (Å²) < 4.78 is 6.52. The molecule has 0 atom stereocenters. The van der Waals surface area contributed by atoms with Crippen LogP contribution in [-0.4, -0.2) is 15.0 Å². The minimum Gasteiger partial charge on any atom is -0.431 e. The van der Waals surface area contributed by atoms with E-state index in [2.05, 4.69) is 30.9 Å². The smallest absolute Gasteiger partial charge is 0.263 e. The fraction of sp³-hybridized carbons (Fsp3) is 0.214. The van der Waals surface area contributed by atoms with Crippen LogP contribution in [0.4, 0.5) is 0 Å². The first-order valence-corrected chi connectivity index (χ1v) is 7.97. The number of rotatable bonds is 3. The second-order valence-electron chi connectivity index (χ2n) is 4.71. The second-order valence-corrected chi connectivity index (χ2v) is 6.50. The molecule has 3 aromatic rings. The summed E-state index contributed by atoms with van der Waals surface area (Å²) in [5.74, 6) is 1.44. The van der Waals surface area contributed by atoms with Crippen molar-refractivity contribution in [2.24, 2.45) is 0 Å². The van der Waals surface area contributed by atoms with Gasteiger partial charge >= 0.3 is 0 Å². The minimum absolute atomic E-state index is 0.524. The molecule has 2 aromatic heterocycles. The minimum atomic E-state index is 0.524. The Bertz CT molecular complexity index is 752. The molecule has 2 heterocycles. The van der Waals surface area contributed by atoms with Crippen LogP contribution in [-0.2, 0) is 0 Å². The molecule has 1 fully saturated rings. The Morgan fingerprint density at radius 2 is 2.00 bits per heavy atom. The molecule has 0 spiro atoms. The van der Waals surface area contributed by atoms with Gasteiger partial charge in [-0.15, -0.1) is 0 Å². The summed E-state index contributed by atoms with van der Waals surface area (Å²) in [6.07, 6.45) is 2.37. The van der Waals surface area contributed by atoms with Crippen LogP contribution < -0.4 is 0 Å². The molecule has 6 heteroatoms. The van der Waals surface area contributed by atoms with Gasteiger partial charge in [0.1, 0.15) is 21.0 Å². The number of fused-ring (bicyclic) bond motifs is 1. The Morgan fingerprint density at radius 3 is 2.80 bits per heavy atom. The summed E-state index contributed by atoms with van der Waals surface area (Å²) in [7, 11) is 0. The van der Waals surface area contributed by atoms with Gasteiger partial charge in [0.2, 0.25) is 0 Å². The number of nitrogens with zero attached hydrogens (tertiary/aromatic N) is 3. The van der Waals surface area contributed by atoms with Gasteiger partial charge in [0, 0.05) is 12.0 Å². The lowest BCUT2D eigenvalue weighted by molar-refractivity contribution is 0.489. The highest BCUT2D eigenvalue weighted by atomic mass is 79.9. The number of hydrogen-bond donors (Lipinski definition) is 0. The van der Waals surface area contributed by atoms with E-state index in [0.29, 0.717) is 11.1 Å². The van der Waals surface area contributed by atoms with Crippen LogP contribution >= 0.6 is 27.7 Å². The molecule has 20 heavy (non-hydrogen) atoms. The third kappa shape index (κ3) is 2.45. The lowest BCUT2D eigenvalue weighted by Crippen LogP contribution is -1.94. The monoisotopic (exact) mass is 347 g/mol. The van der Waals surface area contributed by atoms with Crippen molar-refractivity contribution in [1.29, 1.82) is 0 Å². The van der Waals surface area contributed by atoms with Crippen LogP contribution in [0.5, 0.6) is 0 Å². The van der Waals surface area contributed by atoms with Gasteiger partial charge in [0.05, 0.1) is 0 Å². The first-order valence-electron chi connectivity index (χ1n) is 6.36. The maximum Gasteiger partial charge on any atom is 0.263 e. The predicted octanol–water partition coefficient (Wildman–Crippen LogP) is 4.41. The van der Waals surface area contributed by atoms with Gasteiger partial charge in [-0.1, -0.05) is 12.1 Å². The number of para-hydroxylation sites is 2. The summed E-state index contributed by atoms with van der Waals surface area (Å²) in [5, 5.41) is 1.47. The molecule has 0 saturated heterocycles. The van der Waals surface area contributed by atoms with E-state index < -0.39 is 0 Å². The highest BCUT2D eigenvalue weighted by Gasteiger charge is 2.27. The van der Waals surface area contributed by atoms with E-state index in [1.165, 1.54) is 24.6 Å². The number of oxazole rings is 1. The topological polar surface area (TPSA) is 51.8 Å². The maximum atomic E-state index is 5.70. The average Bonchev–Trinajstić information content (AvgIpc) is 3.19. The molecule has 1 aromatic carbocycles. The molecule has 1 aliphatic rings. The molecule has 1 saturated carbocycles. The quantitative estimate of drug-likeness (QED) is 0.657. The molecule has 4 rings (SSSR count). The van der Waals surface area contributed by atoms with Crippen LogP contribution in [0.1, 0.15) is 24.6 Å². The third-order valence-electron chi connectivity index (χ3n) is 3.10.